The van der Waals surface area contributed by atoms with Gasteiger partial charge in [-0.05, 0) is 17.7 Å². The summed E-state index contributed by atoms with van der Waals surface area (Å²) in [4.78, 5) is 22.5. The van der Waals surface area contributed by atoms with Gasteiger partial charge in [-0.1, -0.05) is 19.1 Å². The van der Waals surface area contributed by atoms with Crippen LogP contribution in [0.3, 0.4) is 0 Å². The molecule has 6 heteroatoms. The first-order chi connectivity index (χ1) is 9.60. The first kappa shape index (κ1) is 13.7. The van der Waals surface area contributed by atoms with E-state index in [1.54, 1.807) is 18.2 Å². The lowest BCUT2D eigenvalue weighted by atomic mass is 9.94. The highest BCUT2D eigenvalue weighted by Gasteiger charge is 2.21. The van der Waals surface area contributed by atoms with Gasteiger partial charge in [0, 0.05) is 18.0 Å². The summed E-state index contributed by atoms with van der Waals surface area (Å²) < 4.78 is 0. The summed E-state index contributed by atoms with van der Waals surface area (Å²) in [5.74, 6) is -0.361. The highest BCUT2D eigenvalue weighted by Crippen LogP contribution is 2.18. The van der Waals surface area contributed by atoms with E-state index in [2.05, 4.69) is 15.8 Å². The lowest BCUT2D eigenvalue weighted by Gasteiger charge is -2.19. The third kappa shape index (κ3) is 3.20. The van der Waals surface area contributed by atoms with Crippen LogP contribution >= 0.6 is 0 Å². The summed E-state index contributed by atoms with van der Waals surface area (Å²) in [6.07, 6.45) is 0.247. The molecule has 2 rings (SSSR count). The zero-order valence-corrected chi connectivity index (χ0v) is 11.0. The van der Waals surface area contributed by atoms with Crippen LogP contribution in [0.15, 0.2) is 29.4 Å². The van der Waals surface area contributed by atoms with Crippen molar-refractivity contribution < 1.29 is 9.59 Å². The number of benzene rings is 1. The largest absolute Gasteiger partial charge is 0.325 e. The molecule has 2 amide bonds. The number of hydrogen-bond donors (Lipinski definition) is 2. The Hall–Kier alpha value is -2.68. The molecule has 0 fully saturated rings. The van der Waals surface area contributed by atoms with E-state index in [9.17, 15) is 9.59 Å². The smallest absolute Gasteiger partial charge is 0.240 e. The van der Waals surface area contributed by atoms with E-state index in [4.69, 9.17) is 5.26 Å². The van der Waals surface area contributed by atoms with Crippen molar-refractivity contribution in [1.82, 2.24) is 5.43 Å². The lowest BCUT2D eigenvalue weighted by Crippen LogP contribution is -2.31. The third-order valence-corrected chi connectivity index (χ3v) is 2.96. The summed E-state index contributed by atoms with van der Waals surface area (Å²) >= 11 is 0. The SMILES string of the molecule is CC1CC(=O)NN=C1c1ccc(NC(=O)CC#N)cc1. The van der Waals surface area contributed by atoms with Crippen LogP contribution in [-0.4, -0.2) is 17.5 Å². The Balaban J connectivity index is 2.11. The van der Waals surface area contributed by atoms with Crippen molar-refractivity contribution in [1.29, 1.82) is 5.26 Å². The predicted octanol–water partition coefficient (Wildman–Crippen LogP) is 1.40. The van der Waals surface area contributed by atoms with Crippen LogP contribution in [0.2, 0.25) is 0 Å². The van der Waals surface area contributed by atoms with Crippen molar-refractivity contribution in [3.63, 3.8) is 0 Å². The molecule has 1 aliphatic heterocycles. The van der Waals surface area contributed by atoms with E-state index in [1.165, 1.54) is 0 Å². The van der Waals surface area contributed by atoms with E-state index in [0.29, 0.717) is 12.1 Å². The van der Waals surface area contributed by atoms with Gasteiger partial charge >= 0.3 is 0 Å². The van der Waals surface area contributed by atoms with Crippen molar-refractivity contribution >= 4 is 23.2 Å². The van der Waals surface area contributed by atoms with Crippen molar-refractivity contribution in [2.75, 3.05) is 5.32 Å². The number of nitrogens with one attached hydrogen (secondary N) is 2. The Labute approximate surface area is 116 Å². The third-order valence-electron chi connectivity index (χ3n) is 2.96. The number of rotatable bonds is 3. The summed E-state index contributed by atoms with van der Waals surface area (Å²) in [5.41, 5.74) is 4.81. The zero-order valence-electron chi connectivity index (χ0n) is 11.0. The maximum atomic E-state index is 11.3. The van der Waals surface area contributed by atoms with Gasteiger partial charge in [-0.25, -0.2) is 5.43 Å². The van der Waals surface area contributed by atoms with E-state index >= 15 is 0 Å². The molecule has 1 aliphatic rings. The van der Waals surface area contributed by atoms with Gasteiger partial charge in [-0.3, -0.25) is 9.59 Å². The molecular weight excluding hydrogens is 256 g/mol. The van der Waals surface area contributed by atoms with Crippen molar-refractivity contribution in [2.45, 2.75) is 19.8 Å². The topological polar surface area (TPSA) is 94.3 Å². The van der Waals surface area contributed by atoms with Crippen LogP contribution < -0.4 is 10.7 Å². The number of hydrazone groups is 1. The molecule has 0 aliphatic carbocycles. The zero-order chi connectivity index (χ0) is 14.5. The van der Waals surface area contributed by atoms with Crippen molar-refractivity contribution in [3.8, 4) is 6.07 Å². The van der Waals surface area contributed by atoms with Gasteiger partial charge in [0.1, 0.15) is 6.42 Å². The molecule has 1 aromatic rings. The highest BCUT2D eigenvalue weighted by molar-refractivity contribution is 6.06. The van der Waals surface area contributed by atoms with Gasteiger partial charge in [-0.2, -0.15) is 10.4 Å². The van der Waals surface area contributed by atoms with E-state index in [-0.39, 0.29) is 24.2 Å². The Morgan fingerprint density at radius 2 is 2.20 bits per heavy atom. The van der Waals surface area contributed by atoms with Crippen LogP contribution in [0.25, 0.3) is 0 Å². The number of nitrogens with zero attached hydrogens (tertiary/aromatic N) is 2. The summed E-state index contributed by atoms with van der Waals surface area (Å²) in [5, 5.41) is 15.1. The number of hydrogen-bond acceptors (Lipinski definition) is 4. The molecule has 2 N–H and O–H groups in total. The fourth-order valence-corrected chi connectivity index (χ4v) is 2.00. The summed E-state index contributed by atoms with van der Waals surface area (Å²) in [7, 11) is 0. The molecule has 0 saturated carbocycles. The molecule has 1 unspecified atom stereocenters. The second kappa shape index (κ2) is 5.97. The Kier molecular flexibility index (Phi) is 4.11. The van der Waals surface area contributed by atoms with Crippen LogP contribution in [0, 0.1) is 17.2 Å². The van der Waals surface area contributed by atoms with E-state index in [0.717, 1.165) is 11.3 Å². The molecule has 0 aromatic heterocycles. The fraction of sp³-hybridized carbons (Fsp3) is 0.286. The molecule has 1 atom stereocenters. The van der Waals surface area contributed by atoms with Crippen LogP contribution in [0.5, 0.6) is 0 Å². The van der Waals surface area contributed by atoms with Crippen LogP contribution in [-0.2, 0) is 9.59 Å². The Morgan fingerprint density at radius 3 is 2.80 bits per heavy atom. The number of anilines is 1. The maximum Gasteiger partial charge on any atom is 0.240 e. The quantitative estimate of drug-likeness (QED) is 0.869. The molecule has 20 heavy (non-hydrogen) atoms. The van der Waals surface area contributed by atoms with E-state index < -0.39 is 0 Å². The fourth-order valence-electron chi connectivity index (χ4n) is 2.00. The Bertz CT molecular complexity index is 599. The molecule has 6 nitrogen and oxygen atoms in total. The minimum Gasteiger partial charge on any atom is -0.325 e. The number of carbonyl (C=O) groups is 2. The molecule has 0 saturated heterocycles. The van der Waals surface area contributed by atoms with Crippen LogP contribution in [0.1, 0.15) is 25.3 Å². The molecule has 0 radical (unpaired) electrons. The molecule has 0 spiro atoms. The second-order valence-electron chi connectivity index (χ2n) is 4.60. The second-order valence-corrected chi connectivity index (χ2v) is 4.60. The summed E-state index contributed by atoms with van der Waals surface area (Å²) in [6.45, 7) is 1.94. The molecule has 1 aromatic carbocycles. The highest BCUT2D eigenvalue weighted by atomic mass is 16.2. The van der Waals surface area contributed by atoms with Gasteiger partial charge < -0.3 is 5.32 Å². The normalized spacial score (nSPS) is 17.7. The monoisotopic (exact) mass is 270 g/mol. The first-order valence-electron chi connectivity index (χ1n) is 6.24. The standard InChI is InChI=1S/C14H14N4O2/c1-9-8-13(20)17-18-14(9)10-2-4-11(5-3-10)16-12(19)6-7-15/h2-5,9H,6,8H2,1H3,(H,16,19)(H,17,20). The molecule has 1 heterocycles. The van der Waals surface area contributed by atoms with Crippen molar-refractivity contribution in [3.05, 3.63) is 29.8 Å². The minimum atomic E-state index is -0.337. The average Bonchev–Trinajstić information content (AvgIpc) is 2.40. The lowest BCUT2D eigenvalue weighted by molar-refractivity contribution is -0.122. The van der Waals surface area contributed by atoms with Crippen LogP contribution in [0.4, 0.5) is 5.69 Å². The molecular formula is C14H14N4O2. The van der Waals surface area contributed by atoms with E-state index in [1.807, 2.05) is 19.1 Å². The number of amides is 2. The minimum absolute atomic E-state index is 0.0581. The van der Waals surface area contributed by atoms with Gasteiger partial charge in [0.15, 0.2) is 0 Å². The maximum absolute atomic E-state index is 11.3. The number of carbonyl (C=O) groups excluding carboxylic acids is 2. The van der Waals surface area contributed by atoms with Gasteiger partial charge in [0.25, 0.3) is 0 Å². The average molecular weight is 270 g/mol. The van der Waals surface area contributed by atoms with Crippen molar-refractivity contribution in [2.24, 2.45) is 11.0 Å². The van der Waals surface area contributed by atoms with Gasteiger partial charge in [0.2, 0.25) is 11.8 Å². The number of nitriles is 1. The molecule has 0 bridgehead atoms. The first-order valence-corrected chi connectivity index (χ1v) is 6.24. The predicted molar refractivity (Wildman–Crippen MR) is 73.8 cm³/mol. The molecule has 102 valence electrons. The van der Waals surface area contributed by atoms with Gasteiger partial charge in [0.05, 0.1) is 11.8 Å². The summed E-state index contributed by atoms with van der Waals surface area (Å²) in [6, 6.07) is 8.94. The van der Waals surface area contributed by atoms with Gasteiger partial charge in [-0.15, -0.1) is 0 Å². The Morgan fingerprint density at radius 1 is 1.50 bits per heavy atom.